The van der Waals surface area contributed by atoms with Crippen molar-refractivity contribution in [3.8, 4) is 5.75 Å². The average molecular weight is 602 g/mol. The van der Waals surface area contributed by atoms with Crippen LogP contribution < -0.4 is 15.0 Å². The number of urea groups is 1. The number of halogens is 2. The smallest absolute Gasteiger partial charge is 0.335 e. The highest BCUT2D eigenvalue weighted by atomic mass is 35.5. The highest BCUT2D eigenvalue weighted by molar-refractivity contribution is 6.42. The number of nitrogens with one attached hydrogen (secondary N) is 1. The van der Waals surface area contributed by atoms with E-state index in [1.807, 2.05) is 18.2 Å². The minimum absolute atomic E-state index is 0.107. The summed E-state index contributed by atoms with van der Waals surface area (Å²) in [6, 6.07) is 19.4. The first-order valence-electron chi connectivity index (χ1n) is 14.5. The van der Waals surface area contributed by atoms with Gasteiger partial charge in [-0.05, 0) is 121 Å². The number of amides is 4. The minimum Gasteiger partial charge on any atom is -0.489 e. The van der Waals surface area contributed by atoms with Crippen LogP contribution in [0.1, 0.15) is 55.2 Å². The third kappa shape index (κ3) is 5.01. The molecule has 5 aliphatic rings. The Morgan fingerprint density at radius 3 is 2.10 bits per heavy atom. The van der Waals surface area contributed by atoms with Gasteiger partial charge in [-0.1, -0.05) is 53.5 Å². The van der Waals surface area contributed by atoms with Crippen LogP contribution in [-0.4, -0.2) is 17.8 Å². The summed E-state index contributed by atoms with van der Waals surface area (Å²) in [5.41, 5.74) is 3.38. The van der Waals surface area contributed by atoms with Crippen LogP contribution in [0.2, 0.25) is 10.0 Å². The van der Waals surface area contributed by atoms with Crippen molar-refractivity contribution < 1.29 is 19.1 Å². The topological polar surface area (TPSA) is 75.7 Å². The Kier molecular flexibility index (Phi) is 6.87. The van der Waals surface area contributed by atoms with Gasteiger partial charge < -0.3 is 4.74 Å². The van der Waals surface area contributed by atoms with Gasteiger partial charge in [0.2, 0.25) is 0 Å². The summed E-state index contributed by atoms with van der Waals surface area (Å²) >= 11 is 12.0. The number of barbiturate groups is 1. The summed E-state index contributed by atoms with van der Waals surface area (Å²) in [7, 11) is 0. The zero-order valence-electron chi connectivity index (χ0n) is 22.9. The maximum absolute atomic E-state index is 13.5. The van der Waals surface area contributed by atoms with E-state index in [0.717, 1.165) is 28.2 Å². The minimum atomic E-state index is -0.740. The van der Waals surface area contributed by atoms with E-state index >= 15 is 0 Å². The molecule has 4 saturated carbocycles. The maximum Gasteiger partial charge on any atom is 0.335 e. The van der Waals surface area contributed by atoms with Crippen LogP contribution in [0.15, 0.2) is 72.3 Å². The molecule has 4 bridgehead atoms. The molecule has 1 heterocycles. The lowest BCUT2D eigenvalue weighted by Crippen LogP contribution is -2.54. The number of anilines is 1. The second-order valence-corrected chi connectivity index (χ2v) is 13.1. The quantitative estimate of drug-likeness (QED) is 0.232. The first kappa shape index (κ1) is 27.2. The number of carbonyl (C=O) groups excluding carboxylic acids is 3. The molecule has 214 valence electrons. The van der Waals surface area contributed by atoms with Crippen molar-refractivity contribution in [2.45, 2.75) is 50.5 Å². The number of ether oxygens (including phenoxy) is 1. The number of rotatable bonds is 6. The fraction of sp³-hybridized carbons (Fsp3) is 0.324. The Bertz CT molecular complexity index is 1580. The van der Waals surface area contributed by atoms with Gasteiger partial charge in [-0.2, -0.15) is 0 Å². The number of nitrogens with zero attached hydrogens (tertiary/aromatic N) is 1. The zero-order valence-corrected chi connectivity index (χ0v) is 24.5. The van der Waals surface area contributed by atoms with E-state index in [0.29, 0.717) is 33.7 Å². The monoisotopic (exact) mass is 600 g/mol. The fourth-order valence-corrected chi connectivity index (χ4v) is 8.26. The molecule has 1 aliphatic heterocycles. The van der Waals surface area contributed by atoms with E-state index in [1.54, 1.807) is 36.4 Å². The second kappa shape index (κ2) is 10.6. The summed E-state index contributed by atoms with van der Waals surface area (Å²) in [5, 5.41) is 3.26. The molecule has 3 aromatic carbocycles. The predicted octanol–water partition coefficient (Wildman–Crippen LogP) is 7.71. The second-order valence-electron chi connectivity index (χ2n) is 12.3. The first-order chi connectivity index (χ1) is 20.3. The third-order valence-corrected chi connectivity index (χ3v) is 10.2. The molecule has 4 aliphatic carbocycles. The molecular formula is C34H30Cl2N2O4. The standard InChI is InChI=1S/C34H30Cl2N2O4/c35-29-10-3-21(15-30(29)36)19-42-27-8-1-20(2-9-27)14-28-31(39)37-33(41)38(32(28)40)26-6-4-25(5-7-26)34-16-22-11-23(17-34)13-24(12-22)18-34/h1-10,14-15,22-24H,11-13,16-19H2,(H,37,39,41)/b28-14+. The molecule has 4 amide bonds. The molecule has 1 saturated heterocycles. The molecule has 3 aromatic rings. The molecule has 5 fully saturated rings. The Balaban J connectivity index is 1.07. The number of imide groups is 2. The van der Waals surface area contributed by atoms with Crippen molar-refractivity contribution >= 4 is 52.8 Å². The Hall–Kier alpha value is -3.61. The Morgan fingerprint density at radius 1 is 0.833 bits per heavy atom. The van der Waals surface area contributed by atoms with Crippen LogP contribution in [-0.2, 0) is 21.6 Å². The normalized spacial score (nSPS) is 27.5. The van der Waals surface area contributed by atoms with E-state index < -0.39 is 17.8 Å². The van der Waals surface area contributed by atoms with Gasteiger partial charge in [0.05, 0.1) is 15.7 Å². The van der Waals surface area contributed by atoms with Crippen molar-refractivity contribution in [3.63, 3.8) is 0 Å². The van der Waals surface area contributed by atoms with E-state index in [-0.39, 0.29) is 11.0 Å². The molecule has 8 heteroatoms. The lowest BCUT2D eigenvalue weighted by Gasteiger charge is -2.57. The first-order valence-corrected chi connectivity index (χ1v) is 15.2. The largest absolute Gasteiger partial charge is 0.489 e. The summed E-state index contributed by atoms with van der Waals surface area (Å²) in [4.78, 5) is 40.0. The van der Waals surface area contributed by atoms with Gasteiger partial charge in [0, 0.05) is 0 Å². The third-order valence-electron chi connectivity index (χ3n) is 9.46. The molecule has 1 N–H and O–H groups in total. The highest BCUT2D eigenvalue weighted by Gasteiger charge is 2.51. The average Bonchev–Trinajstić information content (AvgIpc) is 2.96. The zero-order chi connectivity index (χ0) is 29.0. The summed E-state index contributed by atoms with van der Waals surface area (Å²) in [6.07, 6.45) is 9.32. The molecule has 6 nitrogen and oxygen atoms in total. The van der Waals surface area contributed by atoms with Gasteiger partial charge in [-0.25, -0.2) is 9.69 Å². The van der Waals surface area contributed by atoms with Crippen LogP contribution in [0, 0.1) is 17.8 Å². The molecule has 0 spiro atoms. The van der Waals surface area contributed by atoms with Crippen LogP contribution in [0.5, 0.6) is 5.75 Å². The van der Waals surface area contributed by atoms with Crippen molar-refractivity contribution in [1.29, 1.82) is 0 Å². The van der Waals surface area contributed by atoms with Crippen LogP contribution in [0.25, 0.3) is 6.08 Å². The molecule has 0 atom stereocenters. The van der Waals surface area contributed by atoms with Crippen LogP contribution in [0.3, 0.4) is 0 Å². The van der Waals surface area contributed by atoms with Gasteiger partial charge in [0.25, 0.3) is 11.8 Å². The summed E-state index contributed by atoms with van der Waals surface area (Å²) in [5.74, 6) is 1.73. The summed E-state index contributed by atoms with van der Waals surface area (Å²) < 4.78 is 5.83. The number of hydrogen-bond donors (Lipinski definition) is 1. The van der Waals surface area contributed by atoms with Gasteiger partial charge in [-0.3, -0.25) is 14.9 Å². The Labute approximate surface area is 254 Å². The lowest BCUT2D eigenvalue weighted by atomic mass is 9.48. The van der Waals surface area contributed by atoms with Crippen molar-refractivity contribution in [1.82, 2.24) is 5.32 Å². The Morgan fingerprint density at radius 2 is 1.48 bits per heavy atom. The van der Waals surface area contributed by atoms with Crippen LogP contribution in [0.4, 0.5) is 10.5 Å². The SMILES string of the molecule is O=C1NC(=O)N(c2ccc(C34CC5CC(CC(C5)C3)C4)cc2)C(=O)/C1=C/c1ccc(OCc2ccc(Cl)c(Cl)c2)cc1. The fourth-order valence-electron chi connectivity index (χ4n) is 7.94. The van der Waals surface area contributed by atoms with Crippen molar-refractivity contribution in [2.24, 2.45) is 17.8 Å². The molecule has 8 rings (SSSR count). The molecule has 0 radical (unpaired) electrons. The van der Waals surface area contributed by atoms with E-state index in [9.17, 15) is 14.4 Å². The van der Waals surface area contributed by atoms with E-state index in [1.165, 1.54) is 50.2 Å². The van der Waals surface area contributed by atoms with Gasteiger partial charge >= 0.3 is 6.03 Å². The van der Waals surface area contributed by atoms with Crippen molar-refractivity contribution in [3.05, 3.63) is 99.0 Å². The van der Waals surface area contributed by atoms with Crippen LogP contribution >= 0.6 is 23.2 Å². The van der Waals surface area contributed by atoms with E-state index in [2.05, 4.69) is 17.4 Å². The maximum atomic E-state index is 13.5. The number of hydrogen-bond acceptors (Lipinski definition) is 4. The predicted molar refractivity (Wildman–Crippen MR) is 163 cm³/mol. The van der Waals surface area contributed by atoms with E-state index in [4.69, 9.17) is 27.9 Å². The lowest BCUT2D eigenvalue weighted by molar-refractivity contribution is -0.122. The number of carbonyl (C=O) groups is 3. The molecule has 0 aromatic heterocycles. The molecule has 0 unspecified atom stereocenters. The van der Waals surface area contributed by atoms with Gasteiger partial charge in [0.1, 0.15) is 17.9 Å². The summed E-state index contributed by atoms with van der Waals surface area (Å²) in [6.45, 7) is 0.303. The molecule has 42 heavy (non-hydrogen) atoms. The van der Waals surface area contributed by atoms with Gasteiger partial charge in [-0.15, -0.1) is 0 Å². The molecular weight excluding hydrogens is 571 g/mol. The number of benzene rings is 3. The van der Waals surface area contributed by atoms with Gasteiger partial charge in [0.15, 0.2) is 0 Å². The highest BCUT2D eigenvalue weighted by Crippen LogP contribution is 2.60. The van der Waals surface area contributed by atoms with Crippen molar-refractivity contribution in [2.75, 3.05) is 4.90 Å².